The van der Waals surface area contributed by atoms with Crippen LogP contribution in [-0.2, 0) is 6.54 Å². The third kappa shape index (κ3) is 3.34. The number of hydrogen-bond acceptors (Lipinski definition) is 5. The SMILES string of the molecule is CCNc1ccc(C(=O)NCc2nc(C)no2)c(C)c1. The number of anilines is 1. The lowest BCUT2D eigenvalue weighted by molar-refractivity contribution is 0.0945. The van der Waals surface area contributed by atoms with Crippen molar-refractivity contribution in [3.63, 3.8) is 0 Å². The molecule has 2 rings (SSSR count). The van der Waals surface area contributed by atoms with Gasteiger partial charge in [0.15, 0.2) is 5.82 Å². The number of nitrogens with zero attached hydrogens (tertiary/aromatic N) is 2. The van der Waals surface area contributed by atoms with Crippen LogP contribution in [0.5, 0.6) is 0 Å². The average molecular weight is 274 g/mol. The van der Waals surface area contributed by atoms with E-state index in [2.05, 4.69) is 20.8 Å². The molecule has 2 N–H and O–H groups in total. The highest BCUT2D eigenvalue weighted by Crippen LogP contribution is 2.15. The maximum Gasteiger partial charge on any atom is 0.251 e. The van der Waals surface area contributed by atoms with Crippen molar-refractivity contribution in [1.82, 2.24) is 15.5 Å². The lowest BCUT2D eigenvalue weighted by atomic mass is 10.1. The van der Waals surface area contributed by atoms with E-state index in [0.29, 0.717) is 17.3 Å². The van der Waals surface area contributed by atoms with Crippen LogP contribution in [0.4, 0.5) is 5.69 Å². The van der Waals surface area contributed by atoms with Gasteiger partial charge in [-0.05, 0) is 44.5 Å². The summed E-state index contributed by atoms with van der Waals surface area (Å²) in [6.07, 6.45) is 0. The fraction of sp³-hybridized carbons (Fsp3) is 0.357. The number of benzene rings is 1. The zero-order chi connectivity index (χ0) is 14.5. The van der Waals surface area contributed by atoms with E-state index in [4.69, 9.17) is 4.52 Å². The monoisotopic (exact) mass is 274 g/mol. The summed E-state index contributed by atoms with van der Waals surface area (Å²) in [5, 5.41) is 9.65. The molecule has 0 aliphatic carbocycles. The molecule has 0 saturated carbocycles. The predicted octanol–water partition coefficient (Wildman–Crippen LogP) is 2.05. The van der Waals surface area contributed by atoms with Crippen molar-refractivity contribution >= 4 is 11.6 Å². The predicted molar refractivity (Wildman–Crippen MR) is 75.5 cm³/mol. The van der Waals surface area contributed by atoms with Crippen LogP contribution in [0.2, 0.25) is 0 Å². The zero-order valence-corrected chi connectivity index (χ0v) is 11.9. The number of rotatable bonds is 5. The van der Waals surface area contributed by atoms with Crippen molar-refractivity contribution in [2.75, 3.05) is 11.9 Å². The third-order valence-corrected chi connectivity index (χ3v) is 2.82. The lowest BCUT2D eigenvalue weighted by Gasteiger charge is -2.09. The minimum atomic E-state index is -0.151. The fourth-order valence-electron chi connectivity index (χ4n) is 1.90. The molecule has 1 amide bonds. The van der Waals surface area contributed by atoms with Gasteiger partial charge in [-0.3, -0.25) is 4.79 Å². The standard InChI is InChI=1S/C14H18N4O2/c1-4-15-11-5-6-12(9(2)7-11)14(19)16-8-13-17-10(3)18-20-13/h5-7,15H,4,8H2,1-3H3,(H,16,19). The van der Waals surface area contributed by atoms with E-state index in [1.165, 1.54) is 0 Å². The zero-order valence-electron chi connectivity index (χ0n) is 11.9. The van der Waals surface area contributed by atoms with Crippen molar-refractivity contribution in [2.24, 2.45) is 0 Å². The molecule has 0 aliphatic rings. The van der Waals surface area contributed by atoms with Gasteiger partial charge in [0.05, 0.1) is 6.54 Å². The molecule has 6 heteroatoms. The Morgan fingerprint density at radius 2 is 2.15 bits per heavy atom. The highest BCUT2D eigenvalue weighted by molar-refractivity contribution is 5.95. The van der Waals surface area contributed by atoms with Crippen LogP contribution < -0.4 is 10.6 Å². The normalized spacial score (nSPS) is 10.3. The molecular formula is C14H18N4O2. The van der Waals surface area contributed by atoms with Gasteiger partial charge in [-0.25, -0.2) is 0 Å². The first-order valence-electron chi connectivity index (χ1n) is 6.52. The van der Waals surface area contributed by atoms with Gasteiger partial charge in [-0.2, -0.15) is 4.98 Å². The van der Waals surface area contributed by atoms with Crippen LogP contribution in [0.3, 0.4) is 0 Å². The summed E-state index contributed by atoms with van der Waals surface area (Å²) in [6, 6.07) is 5.65. The Morgan fingerprint density at radius 3 is 2.75 bits per heavy atom. The van der Waals surface area contributed by atoms with Gasteiger partial charge in [0.25, 0.3) is 5.91 Å². The Balaban J connectivity index is 2.01. The van der Waals surface area contributed by atoms with Crippen LogP contribution >= 0.6 is 0 Å². The second-order valence-electron chi connectivity index (χ2n) is 4.48. The number of hydrogen-bond donors (Lipinski definition) is 2. The third-order valence-electron chi connectivity index (χ3n) is 2.82. The first-order valence-corrected chi connectivity index (χ1v) is 6.52. The second-order valence-corrected chi connectivity index (χ2v) is 4.48. The summed E-state index contributed by atoms with van der Waals surface area (Å²) in [6.45, 7) is 6.75. The molecule has 6 nitrogen and oxygen atoms in total. The van der Waals surface area contributed by atoms with Gasteiger partial charge in [0.1, 0.15) is 0 Å². The molecular weight excluding hydrogens is 256 g/mol. The second kappa shape index (κ2) is 6.18. The Bertz CT molecular complexity index is 607. The Kier molecular flexibility index (Phi) is 4.34. The van der Waals surface area contributed by atoms with E-state index in [1.807, 2.05) is 32.0 Å². The topological polar surface area (TPSA) is 80.0 Å². The highest BCUT2D eigenvalue weighted by Gasteiger charge is 2.11. The molecule has 1 aromatic carbocycles. The average Bonchev–Trinajstić information content (AvgIpc) is 2.82. The van der Waals surface area contributed by atoms with Gasteiger partial charge >= 0.3 is 0 Å². The number of carbonyl (C=O) groups is 1. The van der Waals surface area contributed by atoms with Crippen LogP contribution in [0.15, 0.2) is 22.7 Å². The molecule has 0 aliphatic heterocycles. The summed E-state index contributed by atoms with van der Waals surface area (Å²) in [7, 11) is 0. The lowest BCUT2D eigenvalue weighted by Crippen LogP contribution is -2.23. The Labute approximate surface area is 117 Å². The van der Waals surface area contributed by atoms with Gasteiger partial charge in [0, 0.05) is 17.8 Å². The van der Waals surface area contributed by atoms with Crippen LogP contribution in [0, 0.1) is 13.8 Å². The number of nitrogens with one attached hydrogen (secondary N) is 2. The van der Waals surface area contributed by atoms with Crippen LogP contribution in [-0.4, -0.2) is 22.6 Å². The molecule has 1 aromatic heterocycles. The first kappa shape index (κ1) is 14.0. The van der Waals surface area contributed by atoms with E-state index >= 15 is 0 Å². The molecule has 0 bridgehead atoms. The number of aromatic nitrogens is 2. The number of aryl methyl sites for hydroxylation is 2. The number of carbonyl (C=O) groups excluding carboxylic acids is 1. The Morgan fingerprint density at radius 1 is 1.35 bits per heavy atom. The molecule has 0 fully saturated rings. The van der Waals surface area contributed by atoms with Crippen molar-refractivity contribution in [2.45, 2.75) is 27.3 Å². The molecule has 20 heavy (non-hydrogen) atoms. The van der Waals surface area contributed by atoms with Gasteiger partial charge in [-0.1, -0.05) is 5.16 Å². The summed E-state index contributed by atoms with van der Waals surface area (Å²) in [5.74, 6) is 0.805. The molecule has 0 atom stereocenters. The molecule has 0 radical (unpaired) electrons. The van der Waals surface area contributed by atoms with Crippen LogP contribution in [0.25, 0.3) is 0 Å². The summed E-state index contributed by atoms with van der Waals surface area (Å²) in [5.41, 5.74) is 2.57. The van der Waals surface area contributed by atoms with Gasteiger partial charge in [0.2, 0.25) is 5.89 Å². The maximum absolute atomic E-state index is 12.1. The molecule has 0 unspecified atom stereocenters. The summed E-state index contributed by atoms with van der Waals surface area (Å²) >= 11 is 0. The Hall–Kier alpha value is -2.37. The summed E-state index contributed by atoms with van der Waals surface area (Å²) < 4.78 is 4.95. The van der Waals surface area contributed by atoms with Crippen molar-refractivity contribution < 1.29 is 9.32 Å². The van der Waals surface area contributed by atoms with E-state index < -0.39 is 0 Å². The minimum absolute atomic E-state index is 0.151. The smallest absolute Gasteiger partial charge is 0.251 e. The molecule has 0 spiro atoms. The quantitative estimate of drug-likeness (QED) is 0.872. The molecule has 106 valence electrons. The van der Waals surface area contributed by atoms with E-state index in [9.17, 15) is 4.79 Å². The fourth-order valence-corrected chi connectivity index (χ4v) is 1.90. The highest BCUT2D eigenvalue weighted by atomic mass is 16.5. The van der Waals surface area contributed by atoms with Crippen LogP contribution in [0.1, 0.15) is 34.6 Å². The van der Waals surface area contributed by atoms with Gasteiger partial charge in [-0.15, -0.1) is 0 Å². The molecule has 1 heterocycles. The van der Waals surface area contributed by atoms with E-state index in [1.54, 1.807) is 6.92 Å². The first-order chi connectivity index (χ1) is 9.60. The molecule has 0 saturated heterocycles. The van der Waals surface area contributed by atoms with E-state index in [0.717, 1.165) is 17.8 Å². The van der Waals surface area contributed by atoms with E-state index in [-0.39, 0.29) is 12.5 Å². The summed E-state index contributed by atoms with van der Waals surface area (Å²) in [4.78, 5) is 16.1. The van der Waals surface area contributed by atoms with Crippen molar-refractivity contribution in [3.8, 4) is 0 Å². The largest absolute Gasteiger partial charge is 0.385 e. The molecule has 2 aromatic rings. The minimum Gasteiger partial charge on any atom is -0.385 e. The van der Waals surface area contributed by atoms with Crippen molar-refractivity contribution in [1.29, 1.82) is 0 Å². The van der Waals surface area contributed by atoms with Gasteiger partial charge < -0.3 is 15.2 Å². The number of amides is 1. The maximum atomic E-state index is 12.1. The van der Waals surface area contributed by atoms with Crippen molar-refractivity contribution in [3.05, 3.63) is 41.0 Å².